The lowest BCUT2D eigenvalue weighted by Gasteiger charge is -2.05. The molecule has 0 fully saturated rings. The number of aromatic nitrogens is 1. The van der Waals surface area contributed by atoms with E-state index in [1.165, 1.54) is 23.1 Å². The third-order valence-electron chi connectivity index (χ3n) is 3.76. The van der Waals surface area contributed by atoms with Crippen molar-refractivity contribution in [3.63, 3.8) is 0 Å². The maximum absolute atomic E-state index is 12.0. The number of benzene rings is 2. The molecule has 0 unspecified atom stereocenters. The van der Waals surface area contributed by atoms with Crippen molar-refractivity contribution in [1.82, 2.24) is 9.99 Å². The predicted octanol–water partition coefficient (Wildman–Crippen LogP) is 2.85. The minimum Gasteiger partial charge on any atom is -0.325 e. The fourth-order valence-electron chi connectivity index (χ4n) is 2.49. The fraction of sp³-hybridized carbons (Fsp3) is 0.211. The number of hydrogen-bond acceptors (Lipinski definition) is 5. The molecule has 0 saturated carbocycles. The van der Waals surface area contributed by atoms with Gasteiger partial charge < -0.3 is 9.88 Å². The van der Waals surface area contributed by atoms with E-state index in [1.54, 1.807) is 0 Å². The number of fused-ring (bicyclic) bond motifs is 1. The van der Waals surface area contributed by atoms with Crippen molar-refractivity contribution >= 4 is 50.8 Å². The number of thiazole rings is 1. The van der Waals surface area contributed by atoms with Crippen LogP contribution in [0.25, 0.3) is 10.2 Å². The summed E-state index contributed by atoms with van der Waals surface area (Å²) in [7, 11) is 1.91. The summed E-state index contributed by atoms with van der Waals surface area (Å²) in [4.78, 5) is 24.6. The predicted molar refractivity (Wildman–Crippen MR) is 112 cm³/mol. The third-order valence-corrected chi connectivity index (χ3v) is 5.80. The van der Waals surface area contributed by atoms with Crippen molar-refractivity contribution in [2.45, 2.75) is 6.92 Å². The molecule has 1 aromatic heterocycles. The van der Waals surface area contributed by atoms with Gasteiger partial charge in [-0.1, -0.05) is 35.6 Å². The fourth-order valence-corrected chi connectivity index (χ4v) is 4.08. The van der Waals surface area contributed by atoms with Crippen LogP contribution in [0.4, 0.5) is 5.69 Å². The summed E-state index contributed by atoms with van der Waals surface area (Å²) >= 11 is 2.76. The minimum absolute atomic E-state index is 0.133. The Hall–Kier alpha value is -2.58. The number of nitrogens with one attached hydrogen (secondary N) is 2. The molecule has 0 saturated heterocycles. The van der Waals surface area contributed by atoms with Crippen LogP contribution in [0.15, 0.2) is 53.6 Å². The molecule has 8 heteroatoms. The Kier molecular flexibility index (Phi) is 6.31. The quantitative estimate of drug-likeness (QED) is 0.625. The molecule has 3 rings (SSSR count). The summed E-state index contributed by atoms with van der Waals surface area (Å²) in [6, 6.07) is 15.6. The van der Waals surface area contributed by atoms with Crippen LogP contribution in [0, 0.1) is 6.92 Å². The summed E-state index contributed by atoms with van der Waals surface area (Å²) in [5, 5.41) is 7.01. The Morgan fingerprint density at radius 2 is 1.89 bits per heavy atom. The number of hydrogen-bond donors (Lipinski definition) is 2. The van der Waals surface area contributed by atoms with Crippen LogP contribution in [0.2, 0.25) is 0 Å². The normalized spacial score (nSPS) is 11.6. The number of rotatable bonds is 6. The minimum atomic E-state index is -0.235. The van der Waals surface area contributed by atoms with Gasteiger partial charge in [-0.3, -0.25) is 9.59 Å². The molecule has 0 aliphatic carbocycles. The Morgan fingerprint density at radius 3 is 2.67 bits per heavy atom. The largest absolute Gasteiger partial charge is 0.325 e. The van der Waals surface area contributed by atoms with Crippen LogP contribution in [0.1, 0.15) is 5.56 Å². The van der Waals surface area contributed by atoms with E-state index in [1.807, 2.05) is 67.1 Å². The van der Waals surface area contributed by atoms with Gasteiger partial charge in [-0.2, -0.15) is 0 Å². The molecule has 6 nitrogen and oxygen atoms in total. The van der Waals surface area contributed by atoms with Crippen LogP contribution in [-0.4, -0.2) is 27.9 Å². The highest BCUT2D eigenvalue weighted by molar-refractivity contribution is 8.00. The molecular weight excluding hydrogens is 380 g/mol. The Labute approximate surface area is 165 Å². The molecule has 3 aromatic rings. The summed E-state index contributed by atoms with van der Waals surface area (Å²) in [6.45, 7) is 1.97. The van der Waals surface area contributed by atoms with Crippen LogP contribution in [-0.2, 0) is 16.6 Å². The van der Waals surface area contributed by atoms with Crippen molar-refractivity contribution < 1.29 is 9.59 Å². The molecule has 1 heterocycles. The molecular formula is C19H20N4O2S2. The Morgan fingerprint density at radius 1 is 1.11 bits per heavy atom. The van der Waals surface area contributed by atoms with E-state index in [0.29, 0.717) is 4.80 Å². The average Bonchev–Trinajstić information content (AvgIpc) is 2.96. The molecule has 0 atom stereocenters. The van der Waals surface area contributed by atoms with Crippen molar-refractivity contribution in [3.05, 3.63) is 58.9 Å². The van der Waals surface area contributed by atoms with Gasteiger partial charge in [-0.25, -0.2) is 5.43 Å². The lowest BCUT2D eigenvalue weighted by atomic mass is 10.2. The Balaban J connectivity index is 1.48. The van der Waals surface area contributed by atoms with Crippen LogP contribution < -0.4 is 15.5 Å². The average molecular weight is 401 g/mol. The molecule has 0 radical (unpaired) electrons. The number of anilines is 1. The monoisotopic (exact) mass is 400 g/mol. The molecule has 140 valence electrons. The second kappa shape index (κ2) is 8.88. The number of amides is 2. The van der Waals surface area contributed by atoms with E-state index in [2.05, 4.69) is 15.8 Å². The number of carbonyl (C=O) groups excluding carboxylic acids is 2. The third kappa shape index (κ3) is 5.21. The van der Waals surface area contributed by atoms with Crippen molar-refractivity contribution in [2.75, 3.05) is 16.8 Å². The lowest BCUT2D eigenvalue weighted by molar-refractivity contribution is -0.118. The standard InChI is InChI=1S/C19H20N4O2S2/c1-13-6-5-7-14(10-13)20-17(24)11-26-12-18(25)21-22-19-23(2)15-8-3-4-9-16(15)27-19/h3-10H,11-12H2,1-2H3,(H,20,24)(H,21,25)/b22-19-. The molecule has 2 amide bonds. The van der Waals surface area contributed by atoms with Crippen LogP contribution >= 0.6 is 23.1 Å². The van der Waals surface area contributed by atoms with E-state index < -0.39 is 0 Å². The first-order valence-electron chi connectivity index (χ1n) is 8.34. The highest BCUT2D eigenvalue weighted by Crippen LogP contribution is 2.15. The topological polar surface area (TPSA) is 75.5 Å². The van der Waals surface area contributed by atoms with Gasteiger partial charge in [0.15, 0.2) is 0 Å². The molecule has 0 aliphatic rings. The van der Waals surface area contributed by atoms with E-state index in [9.17, 15) is 9.59 Å². The van der Waals surface area contributed by atoms with Gasteiger partial charge >= 0.3 is 0 Å². The summed E-state index contributed by atoms with van der Waals surface area (Å²) in [6.07, 6.45) is 0. The SMILES string of the molecule is Cc1cccc(NC(=O)CSCC(=O)N/N=c2\sc3ccccc3n2C)c1. The molecule has 0 aliphatic heterocycles. The summed E-state index contributed by atoms with van der Waals surface area (Å²) in [5.41, 5.74) is 5.46. The second-order valence-electron chi connectivity index (χ2n) is 5.97. The van der Waals surface area contributed by atoms with Gasteiger partial charge in [0.05, 0.1) is 21.7 Å². The van der Waals surface area contributed by atoms with Gasteiger partial charge in [0.1, 0.15) is 0 Å². The smallest absolute Gasteiger partial charge is 0.250 e. The first-order valence-corrected chi connectivity index (χ1v) is 10.3. The van der Waals surface area contributed by atoms with Gasteiger partial charge in [0, 0.05) is 12.7 Å². The van der Waals surface area contributed by atoms with Crippen LogP contribution in [0.3, 0.4) is 0 Å². The Bertz CT molecular complexity index is 1040. The number of nitrogens with zero attached hydrogens (tertiary/aromatic N) is 2. The molecule has 0 spiro atoms. The zero-order chi connectivity index (χ0) is 19.2. The van der Waals surface area contributed by atoms with Crippen molar-refractivity contribution in [2.24, 2.45) is 12.1 Å². The zero-order valence-corrected chi connectivity index (χ0v) is 16.7. The molecule has 2 N–H and O–H groups in total. The van der Waals surface area contributed by atoms with Crippen molar-refractivity contribution in [1.29, 1.82) is 0 Å². The number of para-hydroxylation sites is 1. The summed E-state index contributed by atoms with van der Waals surface area (Å²) in [5.74, 6) is 0.00393. The van der Waals surface area contributed by atoms with Crippen LogP contribution in [0.5, 0.6) is 0 Å². The van der Waals surface area contributed by atoms with E-state index >= 15 is 0 Å². The van der Waals surface area contributed by atoms with Gasteiger partial charge in [0.2, 0.25) is 16.6 Å². The van der Waals surface area contributed by atoms with Gasteiger partial charge in [0.25, 0.3) is 0 Å². The number of aryl methyl sites for hydroxylation is 2. The van der Waals surface area contributed by atoms with E-state index in [4.69, 9.17) is 0 Å². The highest BCUT2D eigenvalue weighted by atomic mass is 32.2. The molecule has 2 aromatic carbocycles. The highest BCUT2D eigenvalue weighted by Gasteiger charge is 2.07. The van der Waals surface area contributed by atoms with Gasteiger partial charge in [-0.15, -0.1) is 16.9 Å². The maximum atomic E-state index is 12.0. The van der Waals surface area contributed by atoms with Gasteiger partial charge in [-0.05, 0) is 36.8 Å². The van der Waals surface area contributed by atoms with Crippen molar-refractivity contribution in [3.8, 4) is 0 Å². The number of carbonyl (C=O) groups is 2. The van der Waals surface area contributed by atoms with E-state index in [-0.39, 0.29) is 23.3 Å². The van der Waals surface area contributed by atoms with E-state index in [0.717, 1.165) is 21.5 Å². The first kappa shape index (κ1) is 19.2. The maximum Gasteiger partial charge on any atom is 0.250 e. The molecule has 0 bridgehead atoms. The zero-order valence-electron chi connectivity index (χ0n) is 15.1. The lowest BCUT2D eigenvalue weighted by Crippen LogP contribution is -2.25. The number of thioether (sulfide) groups is 1. The molecule has 27 heavy (non-hydrogen) atoms. The second-order valence-corrected chi connectivity index (χ2v) is 7.96. The summed E-state index contributed by atoms with van der Waals surface area (Å²) < 4.78 is 3.04. The first-order chi connectivity index (χ1) is 13.0.